The zero-order chi connectivity index (χ0) is 13.7. The summed E-state index contributed by atoms with van der Waals surface area (Å²) in [6, 6.07) is 16.3. The van der Waals surface area contributed by atoms with Crippen molar-refractivity contribution >= 4 is 39.3 Å². The number of halogens is 2. The third kappa shape index (κ3) is 5.19. The molecule has 0 amide bonds. The molecule has 0 aliphatic rings. The van der Waals surface area contributed by atoms with Gasteiger partial charge in [0.05, 0.1) is 0 Å². The summed E-state index contributed by atoms with van der Waals surface area (Å²) in [4.78, 5) is 1.16. The Morgan fingerprint density at radius 1 is 1.16 bits per heavy atom. The number of nitrogens with two attached hydrogens (primary N) is 1. The van der Waals surface area contributed by atoms with E-state index in [0.717, 1.165) is 26.6 Å². The molecule has 0 fully saturated rings. The molecule has 1 nitrogen and oxygen atoms in total. The van der Waals surface area contributed by atoms with Gasteiger partial charge in [-0.2, -0.15) is 0 Å². The van der Waals surface area contributed by atoms with Crippen LogP contribution in [0.15, 0.2) is 57.9 Å². The highest BCUT2D eigenvalue weighted by Gasteiger charge is 2.06. The molecule has 1 atom stereocenters. The predicted molar refractivity (Wildman–Crippen MR) is 88.0 cm³/mol. The highest BCUT2D eigenvalue weighted by Crippen LogP contribution is 2.22. The molecule has 19 heavy (non-hydrogen) atoms. The van der Waals surface area contributed by atoms with Crippen molar-refractivity contribution in [3.05, 3.63) is 63.6 Å². The second kappa shape index (κ2) is 7.34. The highest BCUT2D eigenvalue weighted by atomic mass is 79.9. The number of benzene rings is 2. The summed E-state index contributed by atoms with van der Waals surface area (Å²) in [5.41, 5.74) is 7.43. The van der Waals surface area contributed by atoms with Crippen LogP contribution in [0.5, 0.6) is 0 Å². The van der Waals surface area contributed by atoms with Crippen molar-refractivity contribution in [2.24, 2.45) is 5.73 Å². The number of hydrogen-bond donors (Lipinski definition) is 1. The molecule has 0 aromatic heterocycles. The summed E-state index contributed by atoms with van der Waals surface area (Å²) in [5, 5.41) is 0.769. The molecule has 0 aliphatic heterocycles. The van der Waals surface area contributed by atoms with Gasteiger partial charge in [0.1, 0.15) is 0 Å². The predicted octanol–water partition coefficient (Wildman–Crippen LogP) is 4.76. The fraction of sp³-hybridized carbons (Fsp3) is 0.200. The van der Waals surface area contributed by atoms with Gasteiger partial charge in [0.25, 0.3) is 0 Å². The maximum atomic E-state index is 6.17. The van der Waals surface area contributed by atoms with Crippen LogP contribution in [0.25, 0.3) is 0 Å². The molecule has 100 valence electrons. The standard InChI is InChI=1S/C15H15BrClNS/c16-12-4-1-3-11(7-12)8-14(18)10-19-15-6-2-5-13(17)9-15/h1-7,9,14H,8,10,18H2. The maximum Gasteiger partial charge on any atom is 0.0417 e. The Morgan fingerprint density at radius 2 is 1.95 bits per heavy atom. The minimum absolute atomic E-state index is 0.137. The molecule has 0 radical (unpaired) electrons. The van der Waals surface area contributed by atoms with E-state index in [0.29, 0.717) is 0 Å². The molecule has 0 heterocycles. The SMILES string of the molecule is NC(CSc1cccc(Cl)c1)Cc1cccc(Br)c1. The van der Waals surface area contributed by atoms with Gasteiger partial charge < -0.3 is 5.73 Å². The van der Waals surface area contributed by atoms with E-state index in [9.17, 15) is 0 Å². The van der Waals surface area contributed by atoms with Crippen LogP contribution in [-0.4, -0.2) is 11.8 Å². The molecule has 0 bridgehead atoms. The van der Waals surface area contributed by atoms with E-state index in [1.807, 2.05) is 30.3 Å². The van der Waals surface area contributed by atoms with Gasteiger partial charge in [-0.15, -0.1) is 11.8 Å². The molecular formula is C15H15BrClNS. The van der Waals surface area contributed by atoms with Crippen LogP contribution in [-0.2, 0) is 6.42 Å². The topological polar surface area (TPSA) is 26.0 Å². The fourth-order valence-electron chi connectivity index (χ4n) is 1.79. The lowest BCUT2D eigenvalue weighted by Gasteiger charge is -2.11. The van der Waals surface area contributed by atoms with Gasteiger partial charge in [0.15, 0.2) is 0 Å². The van der Waals surface area contributed by atoms with Crippen LogP contribution in [0.1, 0.15) is 5.56 Å². The first kappa shape index (κ1) is 14.9. The zero-order valence-corrected chi connectivity index (χ0v) is 13.5. The Labute approximate surface area is 131 Å². The van der Waals surface area contributed by atoms with E-state index in [1.54, 1.807) is 11.8 Å². The second-order valence-corrected chi connectivity index (χ2v) is 6.81. The van der Waals surface area contributed by atoms with Crippen molar-refractivity contribution < 1.29 is 0 Å². The van der Waals surface area contributed by atoms with Gasteiger partial charge in [0, 0.05) is 26.2 Å². The zero-order valence-electron chi connectivity index (χ0n) is 10.4. The lowest BCUT2D eigenvalue weighted by atomic mass is 10.1. The lowest BCUT2D eigenvalue weighted by molar-refractivity contribution is 0.748. The van der Waals surface area contributed by atoms with Gasteiger partial charge in [-0.05, 0) is 42.3 Å². The maximum absolute atomic E-state index is 6.17. The fourth-order valence-corrected chi connectivity index (χ4v) is 3.40. The Morgan fingerprint density at radius 3 is 2.68 bits per heavy atom. The van der Waals surface area contributed by atoms with Gasteiger partial charge in [-0.3, -0.25) is 0 Å². The summed E-state index contributed by atoms with van der Waals surface area (Å²) < 4.78 is 1.10. The van der Waals surface area contributed by atoms with Crippen molar-refractivity contribution in [3.8, 4) is 0 Å². The molecule has 0 aliphatic carbocycles. The average molecular weight is 357 g/mol. The molecular weight excluding hydrogens is 342 g/mol. The van der Waals surface area contributed by atoms with Crippen molar-refractivity contribution in [3.63, 3.8) is 0 Å². The van der Waals surface area contributed by atoms with Crippen LogP contribution in [0.3, 0.4) is 0 Å². The molecule has 2 N–H and O–H groups in total. The van der Waals surface area contributed by atoms with Gasteiger partial charge in [-0.1, -0.05) is 45.7 Å². The Bertz CT molecular complexity index is 547. The third-order valence-corrected chi connectivity index (χ3v) is 4.56. The van der Waals surface area contributed by atoms with E-state index < -0.39 is 0 Å². The molecule has 0 saturated heterocycles. The normalized spacial score (nSPS) is 12.4. The van der Waals surface area contributed by atoms with Crippen LogP contribution in [0.4, 0.5) is 0 Å². The van der Waals surface area contributed by atoms with E-state index in [1.165, 1.54) is 5.56 Å². The molecule has 4 heteroatoms. The molecule has 2 aromatic rings. The van der Waals surface area contributed by atoms with E-state index in [4.69, 9.17) is 17.3 Å². The minimum Gasteiger partial charge on any atom is -0.327 e. The average Bonchev–Trinajstić information content (AvgIpc) is 2.36. The summed E-state index contributed by atoms with van der Waals surface area (Å²) in [6.07, 6.45) is 0.882. The van der Waals surface area contributed by atoms with Crippen molar-refractivity contribution in [1.82, 2.24) is 0 Å². The monoisotopic (exact) mass is 355 g/mol. The van der Waals surface area contributed by atoms with Crippen molar-refractivity contribution in [2.75, 3.05) is 5.75 Å². The van der Waals surface area contributed by atoms with E-state index in [2.05, 4.69) is 34.1 Å². The Hall–Kier alpha value is -0.480. The smallest absolute Gasteiger partial charge is 0.0417 e. The summed E-state index contributed by atoms with van der Waals surface area (Å²) in [5.74, 6) is 0.882. The van der Waals surface area contributed by atoms with Crippen LogP contribution >= 0.6 is 39.3 Å². The van der Waals surface area contributed by atoms with E-state index >= 15 is 0 Å². The van der Waals surface area contributed by atoms with Crippen molar-refractivity contribution in [1.29, 1.82) is 0 Å². The van der Waals surface area contributed by atoms with Crippen LogP contribution < -0.4 is 5.73 Å². The first-order valence-corrected chi connectivity index (χ1v) is 8.17. The van der Waals surface area contributed by atoms with Crippen LogP contribution in [0.2, 0.25) is 5.02 Å². The number of hydrogen-bond acceptors (Lipinski definition) is 2. The molecule has 0 spiro atoms. The van der Waals surface area contributed by atoms with Gasteiger partial charge in [-0.25, -0.2) is 0 Å². The Kier molecular flexibility index (Phi) is 5.76. The molecule has 0 saturated carbocycles. The summed E-state index contributed by atoms with van der Waals surface area (Å²) in [7, 11) is 0. The molecule has 2 rings (SSSR count). The largest absolute Gasteiger partial charge is 0.327 e. The quantitative estimate of drug-likeness (QED) is 0.781. The third-order valence-electron chi connectivity index (χ3n) is 2.65. The first-order chi connectivity index (χ1) is 9.13. The van der Waals surface area contributed by atoms with Gasteiger partial charge in [0.2, 0.25) is 0 Å². The molecule has 2 aromatic carbocycles. The Balaban J connectivity index is 1.86. The molecule has 1 unspecified atom stereocenters. The van der Waals surface area contributed by atoms with Gasteiger partial charge >= 0.3 is 0 Å². The summed E-state index contributed by atoms with van der Waals surface area (Å²) in [6.45, 7) is 0. The van der Waals surface area contributed by atoms with Crippen molar-refractivity contribution in [2.45, 2.75) is 17.4 Å². The highest BCUT2D eigenvalue weighted by molar-refractivity contribution is 9.10. The number of rotatable bonds is 5. The lowest BCUT2D eigenvalue weighted by Crippen LogP contribution is -2.25. The van der Waals surface area contributed by atoms with E-state index in [-0.39, 0.29) is 6.04 Å². The van der Waals surface area contributed by atoms with Crippen LogP contribution in [0, 0.1) is 0 Å². The first-order valence-electron chi connectivity index (χ1n) is 6.02. The second-order valence-electron chi connectivity index (χ2n) is 4.36. The number of thioether (sulfide) groups is 1. The summed E-state index contributed by atoms with van der Waals surface area (Å²) >= 11 is 11.2. The minimum atomic E-state index is 0.137.